The molecule has 0 bridgehead atoms. The van der Waals surface area contributed by atoms with Gasteiger partial charge in [0.05, 0.1) is 12.7 Å². The number of nitrogens with zero attached hydrogens (tertiary/aromatic N) is 1. The Hall–Kier alpha value is -1.96. The van der Waals surface area contributed by atoms with E-state index in [2.05, 4.69) is 0 Å². The summed E-state index contributed by atoms with van der Waals surface area (Å²) < 4.78 is 30.8. The first kappa shape index (κ1) is 14.1. The van der Waals surface area contributed by atoms with Crippen LogP contribution in [0.1, 0.15) is 19.4 Å². The van der Waals surface area contributed by atoms with E-state index in [0.717, 1.165) is 18.2 Å². The van der Waals surface area contributed by atoms with Gasteiger partial charge in [-0.3, -0.25) is 4.79 Å². The van der Waals surface area contributed by atoms with Crippen molar-refractivity contribution in [1.29, 1.82) is 5.26 Å². The molecule has 0 aliphatic heterocycles. The number of nitriles is 1. The summed E-state index contributed by atoms with van der Waals surface area (Å²) in [5.74, 6) is -2.18. The van der Waals surface area contributed by atoms with E-state index in [4.69, 9.17) is 10.00 Å². The summed E-state index contributed by atoms with van der Waals surface area (Å²) in [4.78, 5) is 11.6. The molecule has 0 amide bonds. The third kappa shape index (κ3) is 3.27. The molecule has 0 fully saturated rings. The zero-order valence-electron chi connectivity index (χ0n) is 10.2. The third-order valence-corrected chi connectivity index (χ3v) is 2.45. The van der Waals surface area contributed by atoms with Crippen LogP contribution < -0.4 is 0 Å². The van der Waals surface area contributed by atoms with E-state index in [0.29, 0.717) is 0 Å². The second-order valence-corrected chi connectivity index (χ2v) is 4.12. The van der Waals surface area contributed by atoms with Crippen molar-refractivity contribution in [3.05, 3.63) is 35.4 Å². The SMILES string of the molecule is CCOC(=O)C(C)(C#N)Cc1cc(F)cc(F)c1. The summed E-state index contributed by atoms with van der Waals surface area (Å²) in [5, 5.41) is 9.04. The van der Waals surface area contributed by atoms with Crippen LogP contribution in [0.2, 0.25) is 0 Å². The van der Waals surface area contributed by atoms with Crippen LogP contribution >= 0.6 is 0 Å². The molecule has 1 aromatic carbocycles. The van der Waals surface area contributed by atoms with Gasteiger partial charge >= 0.3 is 5.97 Å². The van der Waals surface area contributed by atoms with Crippen LogP contribution in [-0.4, -0.2) is 12.6 Å². The smallest absolute Gasteiger partial charge is 0.326 e. The van der Waals surface area contributed by atoms with Gasteiger partial charge in [0.15, 0.2) is 5.41 Å². The fraction of sp³-hybridized carbons (Fsp3) is 0.385. The van der Waals surface area contributed by atoms with E-state index in [9.17, 15) is 13.6 Å². The van der Waals surface area contributed by atoms with E-state index in [-0.39, 0.29) is 18.6 Å². The molecule has 1 unspecified atom stereocenters. The normalized spacial score (nSPS) is 13.5. The van der Waals surface area contributed by atoms with Gasteiger partial charge in [-0.25, -0.2) is 8.78 Å². The summed E-state index contributed by atoms with van der Waals surface area (Å²) in [6.45, 7) is 3.15. The van der Waals surface area contributed by atoms with Gasteiger partial charge in [0.25, 0.3) is 0 Å². The van der Waals surface area contributed by atoms with Crippen molar-refractivity contribution in [2.45, 2.75) is 20.3 Å². The fourth-order valence-electron chi connectivity index (χ4n) is 1.57. The molecule has 96 valence electrons. The fourth-order valence-corrected chi connectivity index (χ4v) is 1.57. The highest BCUT2D eigenvalue weighted by Crippen LogP contribution is 2.24. The molecular formula is C13H13F2NO2. The quantitative estimate of drug-likeness (QED) is 0.775. The lowest BCUT2D eigenvalue weighted by Gasteiger charge is -2.19. The Bertz CT molecular complexity index is 476. The lowest BCUT2D eigenvalue weighted by atomic mass is 9.85. The zero-order valence-corrected chi connectivity index (χ0v) is 10.2. The van der Waals surface area contributed by atoms with Crippen molar-refractivity contribution in [1.82, 2.24) is 0 Å². The van der Waals surface area contributed by atoms with Gasteiger partial charge in [0.2, 0.25) is 0 Å². The highest BCUT2D eigenvalue weighted by Gasteiger charge is 2.35. The van der Waals surface area contributed by atoms with Crippen molar-refractivity contribution in [3.63, 3.8) is 0 Å². The number of benzene rings is 1. The molecule has 0 radical (unpaired) electrons. The van der Waals surface area contributed by atoms with Gasteiger partial charge in [-0.2, -0.15) is 5.26 Å². The highest BCUT2D eigenvalue weighted by molar-refractivity contribution is 5.79. The molecule has 5 heteroatoms. The average molecular weight is 253 g/mol. The maximum Gasteiger partial charge on any atom is 0.326 e. The summed E-state index contributed by atoms with van der Waals surface area (Å²) in [6, 6.07) is 4.75. The number of halogens is 2. The van der Waals surface area contributed by atoms with Crippen molar-refractivity contribution in [2.24, 2.45) is 5.41 Å². The van der Waals surface area contributed by atoms with Gasteiger partial charge in [0, 0.05) is 12.5 Å². The highest BCUT2D eigenvalue weighted by atomic mass is 19.1. The molecule has 0 aromatic heterocycles. The second-order valence-electron chi connectivity index (χ2n) is 4.12. The van der Waals surface area contributed by atoms with Crippen molar-refractivity contribution in [3.8, 4) is 6.07 Å². The van der Waals surface area contributed by atoms with E-state index in [1.54, 1.807) is 6.92 Å². The first-order valence-corrected chi connectivity index (χ1v) is 5.44. The van der Waals surface area contributed by atoms with Crippen LogP contribution in [0.4, 0.5) is 8.78 Å². The Morgan fingerprint density at radius 3 is 2.39 bits per heavy atom. The summed E-state index contributed by atoms with van der Waals surface area (Å²) in [6.07, 6.45) is -0.100. The molecule has 0 saturated heterocycles. The molecule has 0 saturated carbocycles. The third-order valence-electron chi connectivity index (χ3n) is 2.45. The molecule has 1 aromatic rings. The molecule has 1 atom stereocenters. The second kappa shape index (κ2) is 5.58. The Balaban J connectivity index is 2.99. The number of carbonyl (C=O) groups is 1. The monoisotopic (exact) mass is 253 g/mol. The Morgan fingerprint density at radius 1 is 1.39 bits per heavy atom. The van der Waals surface area contributed by atoms with Gasteiger partial charge in [-0.05, 0) is 31.5 Å². The standard InChI is InChI=1S/C13H13F2NO2/c1-3-18-12(17)13(2,8-16)7-9-4-10(14)6-11(15)5-9/h4-6H,3,7H2,1-2H3. The van der Waals surface area contributed by atoms with Crippen LogP contribution in [0.5, 0.6) is 0 Å². The van der Waals surface area contributed by atoms with E-state index >= 15 is 0 Å². The van der Waals surface area contributed by atoms with Crippen molar-refractivity contribution < 1.29 is 18.3 Å². The molecule has 0 aliphatic carbocycles. The predicted octanol–water partition coefficient (Wildman–Crippen LogP) is 2.60. The minimum Gasteiger partial charge on any atom is -0.465 e. The number of hydrogen-bond donors (Lipinski definition) is 0. The largest absolute Gasteiger partial charge is 0.465 e. The maximum absolute atomic E-state index is 13.0. The lowest BCUT2D eigenvalue weighted by molar-refractivity contribution is -0.151. The first-order valence-electron chi connectivity index (χ1n) is 5.44. The first-order chi connectivity index (χ1) is 8.41. The number of ether oxygens (including phenoxy) is 1. The summed E-state index contributed by atoms with van der Waals surface area (Å²) >= 11 is 0. The average Bonchev–Trinajstić information content (AvgIpc) is 2.27. The molecule has 0 heterocycles. The minimum atomic E-state index is -1.45. The van der Waals surface area contributed by atoms with Crippen LogP contribution in [0, 0.1) is 28.4 Å². The van der Waals surface area contributed by atoms with E-state index < -0.39 is 23.0 Å². The maximum atomic E-state index is 13.0. The molecule has 3 nitrogen and oxygen atoms in total. The zero-order chi connectivity index (χ0) is 13.8. The molecule has 0 N–H and O–H groups in total. The molecule has 18 heavy (non-hydrogen) atoms. The molecular weight excluding hydrogens is 240 g/mol. The topological polar surface area (TPSA) is 50.1 Å². The van der Waals surface area contributed by atoms with Crippen LogP contribution in [0.3, 0.4) is 0 Å². The minimum absolute atomic E-state index is 0.100. The lowest BCUT2D eigenvalue weighted by Crippen LogP contribution is -2.30. The summed E-state index contributed by atoms with van der Waals surface area (Å²) in [7, 11) is 0. The van der Waals surface area contributed by atoms with E-state index in [1.165, 1.54) is 6.92 Å². The number of carbonyl (C=O) groups excluding carboxylic acids is 1. The Labute approximate surface area is 104 Å². The van der Waals surface area contributed by atoms with Crippen molar-refractivity contribution >= 4 is 5.97 Å². The van der Waals surface area contributed by atoms with Gasteiger partial charge in [0.1, 0.15) is 11.6 Å². The van der Waals surface area contributed by atoms with E-state index in [1.807, 2.05) is 6.07 Å². The molecule has 0 spiro atoms. The van der Waals surface area contributed by atoms with Gasteiger partial charge in [-0.1, -0.05) is 0 Å². The van der Waals surface area contributed by atoms with Crippen LogP contribution in [0.15, 0.2) is 18.2 Å². The van der Waals surface area contributed by atoms with Crippen LogP contribution in [-0.2, 0) is 16.0 Å². The van der Waals surface area contributed by atoms with Crippen molar-refractivity contribution in [2.75, 3.05) is 6.61 Å². The number of hydrogen-bond acceptors (Lipinski definition) is 3. The number of rotatable bonds is 4. The number of esters is 1. The summed E-state index contributed by atoms with van der Waals surface area (Å²) in [5.41, 5.74) is -1.21. The predicted molar refractivity (Wildman–Crippen MR) is 60.4 cm³/mol. The van der Waals surface area contributed by atoms with Gasteiger partial charge < -0.3 is 4.74 Å². The molecule has 1 rings (SSSR count). The Kier molecular flexibility index (Phi) is 4.38. The molecule has 0 aliphatic rings. The van der Waals surface area contributed by atoms with Gasteiger partial charge in [-0.15, -0.1) is 0 Å². The Morgan fingerprint density at radius 2 is 1.94 bits per heavy atom. The van der Waals surface area contributed by atoms with Crippen LogP contribution in [0.25, 0.3) is 0 Å².